The SMILES string of the molecule is C(#Cc1c2ccccc2c(C#Cc2cccc(-c3ccccn3)c2)c2ccccc12)c1cccc(-c2ccccn2)c1. The van der Waals surface area contributed by atoms with Gasteiger partial charge in [0.25, 0.3) is 0 Å². The van der Waals surface area contributed by atoms with E-state index in [1.165, 1.54) is 0 Å². The molecule has 0 atom stereocenters. The Morgan fingerprint density at radius 2 is 0.762 bits per heavy atom. The average molecular weight is 533 g/mol. The maximum Gasteiger partial charge on any atom is 0.0702 e. The van der Waals surface area contributed by atoms with Crippen molar-refractivity contribution in [2.24, 2.45) is 0 Å². The molecule has 0 aliphatic carbocycles. The molecule has 0 saturated heterocycles. The smallest absolute Gasteiger partial charge is 0.0702 e. The van der Waals surface area contributed by atoms with Gasteiger partial charge in [-0.15, -0.1) is 0 Å². The van der Waals surface area contributed by atoms with Gasteiger partial charge in [0.05, 0.1) is 11.4 Å². The fraction of sp³-hybridized carbons (Fsp3) is 0. The fourth-order valence-electron chi connectivity index (χ4n) is 5.25. The van der Waals surface area contributed by atoms with Crippen LogP contribution < -0.4 is 0 Å². The van der Waals surface area contributed by atoms with E-state index in [-0.39, 0.29) is 0 Å². The molecule has 7 rings (SSSR count). The second-order valence-corrected chi connectivity index (χ2v) is 9.93. The van der Waals surface area contributed by atoms with Crippen LogP contribution in [0.2, 0.25) is 0 Å². The topological polar surface area (TPSA) is 25.8 Å². The van der Waals surface area contributed by atoms with Crippen molar-refractivity contribution in [2.75, 3.05) is 0 Å². The number of pyridine rings is 2. The maximum absolute atomic E-state index is 4.50. The molecule has 2 nitrogen and oxygen atoms in total. The van der Waals surface area contributed by atoms with Crippen LogP contribution in [0.15, 0.2) is 146 Å². The van der Waals surface area contributed by atoms with Gasteiger partial charge in [0.2, 0.25) is 0 Å². The van der Waals surface area contributed by atoms with Gasteiger partial charge in [-0.3, -0.25) is 9.97 Å². The van der Waals surface area contributed by atoms with Gasteiger partial charge in [-0.2, -0.15) is 0 Å². The van der Waals surface area contributed by atoms with Crippen molar-refractivity contribution in [1.29, 1.82) is 0 Å². The number of nitrogens with zero attached hydrogens (tertiary/aromatic N) is 2. The van der Waals surface area contributed by atoms with Crippen LogP contribution in [0.4, 0.5) is 0 Å². The van der Waals surface area contributed by atoms with Gasteiger partial charge < -0.3 is 0 Å². The van der Waals surface area contributed by atoms with Crippen molar-refractivity contribution in [3.63, 3.8) is 0 Å². The van der Waals surface area contributed by atoms with Crippen LogP contribution in [0.3, 0.4) is 0 Å². The zero-order valence-electron chi connectivity index (χ0n) is 22.8. The molecule has 0 fully saturated rings. The highest BCUT2D eigenvalue weighted by molar-refractivity contribution is 6.09. The first kappa shape index (κ1) is 25.0. The summed E-state index contributed by atoms with van der Waals surface area (Å²) in [6, 6.07) is 45.2. The molecule has 194 valence electrons. The van der Waals surface area contributed by atoms with Gasteiger partial charge in [-0.1, -0.05) is 109 Å². The zero-order chi connectivity index (χ0) is 28.1. The normalized spacial score (nSPS) is 10.5. The fourth-order valence-corrected chi connectivity index (χ4v) is 5.25. The molecule has 0 saturated carbocycles. The third kappa shape index (κ3) is 5.02. The highest BCUT2D eigenvalue weighted by Gasteiger charge is 2.11. The summed E-state index contributed by atoms with van der Waals surface area (Å²) in [7, 11) is 0. The Balaban J connectivity index is 1.35. The minimum atomic E-state index is 0.936. The first-order chi connectivity index (χ1) is 20.8. The minimum Gasteiger partial charge on any atom is -0.256 e. The number of benzene rings is 5. The lowest BCUT2D eigenvalue weighted by Gasteiger charge is -2.10. The van der Waals surface area contributed by atoms with Crippen LogP contribution in [0.25, 0.3) is 44.1 Å². The molecule has 5 aromatic carbocycles. The van der Waals surface area contributed by atoms with Gasteiger partial charge in [-0.25, -0.2) is 0 Å². The number of hydrogen-bond donors (Lipinski definition) is 0. The number of fused-ring (bicyclic) bond motifs is 2. The van der Waals surface area contributed by atoms with Crippen LogP contribution in [-0.4, -0.2) is 9.97 Å². The Kier molecular flexibility index (Phi) is 6.71. The predicted octanol–water partition coefficient (Wildman–Crippen LogP) is 8.92. The van der Waals surface area contributed by atoms with Gasteiger partial charge in [0.15, 0.2) is 0 Å². The van der Waals surface area contributed by atoms with Gasteiger partial charge in [0, 0.05) is 45.8 Å². The predicted molar refractivity (Wildman–Crippen MR) is 173 cm³/mol. The molecule has 0 N–H and O–H groups in total. The molecule has 0 bridgehead atoms. The first-order valence-corrected chi connectivity index (χ1v) is 13.8. The summed E-state index contributed by atoms with van der Waals surface area (Å²) < 4.78 is 0. The number of rotatable bonds is 2. The van der Waals surface area contributed by atoms with Gasteiger partial charge in [-0.05, 0) is 70.1 Å². The summed E-state index contributed by atoms with van der Waals surface area (Å²) in [4.78, 5) is 8.99. The molecular weight excluding hydrogens is 508 g/mol. The molecule has 0 radical (unpaired) electrons. The van der Waals surface area contributed by atoms with Crippen molar-refractivity contribution in [3.8, 4) is 46.2 Å². The van der Waals surface area contributed by atoms with E-state index in [2.05, 4.69) is 106 Å². The summed E-state index contributed by atoms with van der Waals surface area (Å²) in [5, 5.41) is 4.37. The summed E-state index contributed by atoms with van der Waals surface area (Å²) in [5.41, 5.74) is 7.88. The Morgan fingerprint density at radius 3 is 1.14 bits per heavy atom. The molecule has 0 spiro atoms. The lowest BCUT2D eigenvalue weighted by molar-refractivity contribution is 1.32. The Morgan fingerprint density at radius 1 is 0.357 bits per heavy atom. The highest BCUT2D eigenvalue weighted by Crippen LogP contribution is 2.32. The largest absolute Gasteiger partial charge is 0.256 e. The standard InChI is InChI=1S/C40H24N2/c1-2-16-34-33(15-1)37(23-21-29-11-9-13-31(27-29)39-19-5-7-25-41-39)35-17-3-4-18-36(35)38(34)24-22-30-12-10-14-32(28-30)40-20-6-8-26-42-40/h1-20,25-28H. The van der Waals surface area contributed by atoms with Gasteiger partial charge >= 0.3 is 0 Å². The lowest BCUT2D eigenvalue weighted by atomic mass is 9.91. The van der Waals surface area contributed by atoms with E-state index < -0.39 is 0 Å². The molecular formula is C40H24N2. The number of hydrogen-bond acceptors (Lipinski definition) is 2. The Bertz CT molecular complexity index is 1980. The zero-order valence-corrected chi connectivity index (χ0v) is 22.8. The Labute approximate surface area is 245 Å². The van der Waals surface area contributed by atoms with Crippen LogP contribution >= 0.6 is 0 Å². The van der Waals surface area contributed by atoms with Crippen molar-refractivity contribution in [3.05, 3.63) is 168 Å². The summed E-state index contributed by atoms with van der Waals surface area (Å²) in [6.45, 7) is 0. The van der Waals surface area contributed by atoms with E-state index in [1.54, 1.807) is 0 Å². The molecule has 2 heteroatoms. The van der Waals surface area contributed by atoms with Crippen molar-refractivity contribution in [1.82, 2.24) is 9.97 Å². The molecule has 2 heterocycles. The van der Waals surface area contributed by atoms with E-state index in [1.807, 2.05) is 73.1 Å². The van der Waals surface area contributed by atoms with Crippen molar-refractivity contribution in [2.45, 2.75) is 0 Å². The molecule has 0 aliphatic heterocycles. The molecule has 0 unspecified atom stereocenters. The molecule has 2 aromatic heterocycles. The van der Waals surface area contributed by atoms with Crippen LogP contribution in [0, 0.1) is 23.7 Å². The third-order valence-electron chi connectivity index (χ3n) is 7.24. The third-order valence-corrected chi connectivity index (χ3v) is 7.24. The summed E-state index contributed by atoms with van der Waals surface area (Å²) >= 11 is 0. The second-order valence-electron chi connectivity index (χ2n) is 9.93. The van der Waals surface area contributed by atoms with Gasteiger partial charge in [0.1, 0.15) is 0 Å². The van der Waals surface area contributed by atoms with E-state index >= 15 is 0 Å². The average Bonchev–Trinajstić information content (AvgIpc) is 3.07. The van der Waals surface area contributed by atoms with E-state index in [0.717, 1.165) is 66.3 Å². The Hall–Kier alpha value is -5.96. The van der Waals surface area contributed by atoms with Crippen molar-refractivity contribution >= 4 is 21.5 Å². The molecule has 42 heavy (non-hydrogen) atoms. The molecule has 0 aliphatic rings. The van der Waals surface area contributed by atoms with Crippen LogP contribution in [0.5, 0.6) is 0 Å². The highest BCUT2D eigenvalue weighted by atomic mass is 14.7. The van der Waals surface area contributed by atoms with Crippen LogP contribution in [-0.2, 0) is 0 Å². The maximum atomic E-state index is 4.50. The van der Waals surface area contributed by atoms with Crippen molar-refractivity contribution < 1.29 is 0 Å². The first-order valence-electron chi connectivity index (χ1n) is 13.8. The van der Waals surface area contributed by atoms with E-state index in [0.29, 0.717) is 0 Å². The molecule has 7 aromatic rings. The van der Waals surface area contributed by atoms with E-state index in [4.69, 9.17) is 0 Å². The number of aromatic nitrogens is 2. The monoisotopic (exact) mass is 532 g/mol. The summed E-state index contributed by atoms with van der Waals surface area (Å²) in [5.74, 6) is 13.9. The van der Waals surface area contributed by atoms with Crippen LogP contribution in [0.1, 0.15) is 22.3 Å². The lowest BCUT2D eigenvalue weighted by Crippen LogP contribution is -1.91. The quantitative estimate of drug-likeness (QED) is 0.164. The minimum absolute atomic E-state index is 0.936. The second kappa shape index (κ2) is 11.3. The van der Waals surface area contributed by atoms with E-state index in [9.17, 15) is 0 Å². The molecule has 0 amide bonds. The summed E-state index contributed by atoms with van der Waals surface area (Å²) in [6.07, 6.45) is 3.63.